The average Bonchev–Trinajstić information content (AvgIpc) is 3.81. The molecule has 11 aromatic rings. The summed E-state index contributed by atoms with van der Waals surface area (Å²) in [5, 5.41) is 5.13. The van der Waals surface area contributed by atoms with Gasteiger partial charge in [0.1, 0.15) is 5.82 Å². The van der Waals surface area contributed by atoms with E-state index in [1.54, 1.807) is 0 Å². The highest BCUT2D eigenvalue weighted by molar-refractivity contribution is 6.28. The lowest BCUT2D eigenvalue weighted by molar-refractivity contribution is 1.10. The van der Waals surface area contributed by atoms with Crippen LogP contribution in [0.2, 0.25) is 0 Å². The second-order valence-electron chi connectivity index (χ2n) is 14.0. The predicted octanol–water partition coefficient (Wildman–Crippen LogP) is 13.4. The molecular formula is C51H33N3. The van der Waals surface area contributed by atoms with E-state index in [9.17, 15) is 0 Å². The van der Waals surface area contributed by atoms with Crippen LogP contribution in [0.25, 0.3) is 99.8 Å². The fourth-order valence-corrected chi connectivity index (χ4v) is 8.48. The summed E-state index contributed by atoms with van der Waals surface area (Å²) in [6.45, 7) is 0. The fraction of sp³-hybridized carbons (Fsp3) is 0. The molecule has 0 fully saturated rings. The first-order valence-corrected chi connectivity index (χ1v) is 18.5. The summed E-state index contributed by atoms with van der Waals surface area (Å²) in [6.07, 6.45) is 0. The van der Waals surface area contributed by atoms with Crippen LogP contribution in [0, 0.1) is 0 Å². The Morgan fingerprint density at radius 2 is 0.796 bits per heavy atom. The third-order valence-corrected chi connectivity index (χ3v) is 10.9. The van der Waals surface area contributed by atoms with E-state index in [1.165, 1.54) is 60.5 Å². The maximum Gasteiger partial charge on any atom is 0.145 e. The lowest BCUT2D eigenvalue weighted by Gasteiger charge is -2.12. The Morgan fingerprint density at radius 3 is 1.43 bits per heavy atom. The molecule has 0 aliphatic heterocycles. The van der Waals surface area contributed by atoms with Crippen molar-refractivity contribution in [2.45, 2.75) is 0 Å². The largest absolute Gasteiger partial charge is 0.309 e. The summed E-state index contributed by atoms with van der Waals surface area (Å²) in [6, 6.07) is 72.0. The van der Waals surface area contributed by atoms with Crippen LogP contribution in [0.15, 0.2) is 200 Å². The van der Waals surface area contributed by atoms with Crippen LogP contribution < -0.4 is 0 Å². The Balaban J connectivity index is 1.08. The highest BCUT2D eigenvalue weighted by Gasteiger charge is 2.21. The van der Waals surface area contributed by atoms with E-state index < -0.39 is 0 Å². The summed E-state index contributed by atoms with van der Waals surface area (Å²) in [5.74, 6) is 0.936. The maximum absolute atomic E-state index is 5.23. The zero-order chi connectivity index (χ0) is 35.6. The van der Waals surface area contributed by atoms with Gasteiger partial charge in [-0.25, -0.2) is 4.98 Å². The van der Waals surface area contributed by atoms with Gasteiger partial charge in [-0.05, 0) is 98.8 Å². The number of rotatable bonds is 6. The third-order valence-electron chi connectivity index (χ3n) is 10.9. The molecule has 9 aromatic carbocycles. The normalized spacial score (nSPS) is 11.7. The molecule has 3 nitrogen and oxygen atoms in total. The Kier molecular flexibility index (Phi) is 6.86. The maximum atomic E-state index is 5.23. The molecule has 0 aliphatic carbocycles. The summed E-state index contributed by atoms with van der Waals surface area (Å²) < 4.78 is 4.69. The molecule has 3 heteroatoms. The second-order valence-corrected chi connectivity index (χ2v) is 14.0. The molecular weight excluding hydrogens is 655 g/mol. The van der Waals surface area contributed by atoms with E-state index in [1.807, 2.05) is 6.07 Å². The number of nitrogens with zero attached hydrogens (tertiary/aromatic N) is 3. The Labute approximate surface area is 313 Å². The highest BCUT2D eigenvalue weighted by Crippen LogP contribution is 2.45. The molecule has 11 rings (SSSR count). The van der Waals surface area contributed by atoms with Crippen molar-refractivity contribution in [3.8, 4) is 56.1 Å². The lowest BCUT2D eigenvalue weighted by Crippen LogP contribution is -1.97. The Hall–Kier alpha value is -7.23. The smallest absolute Gasteiger partial charge is 0.145 e. The molecule has 0 atom stereocenters. The minimum absolute atomic E-state index is 0.936. The Morgan fingerprint density at radius 1 is 0.315 bits per heavy atom. The quantitative estimate of drug-likeness (QED) is 0.160. The first-order valence-electron chi connectivity index (χ1n) is 18.5. The molecule has 0 bridgehead atoms. The molecule has 0 spiro atoms. The van der Waals surface area contributed by atoms with Gasteiger partial charge < -0.3 is 4.57 Å². The van der Waals surface area contributed by atoms with Crippen molar-refractivity contribution < 1.29 is 0 Å². The summed E-state index contributed by atoms with van der Waals surface area (Å²) in [4.78, 5) is 5.23. The molecule has 0 N–H and O–H groups in total. The number of hydrogen-bond acceptors (Lipinski definition) is 1. The molecule has 0 unspecified atom stereocenters. The number of imidazole rings is 1. The van der Waals surface area contributed by atoms with Gasteiger partial charge in [0.05, 0.1) is 22.1 Å². The van der Waals surface area contributed by atoms with Crippen molar-refractivity contribution in [3.05, 3.63) is 200 Å². The molecule has 0 radical (unpaired) electrons. The molecule has 0 aliphatic rings. The molecule has 2 aromatic heterocycles. The summed E-state index contributed by atoms with van der Waals surface area (Å²) in [5.41, 5.74) is 15.1. The van der Waals surface area contributed by atoms with E-state index in [0.29, 0.717) is 0 Å². The van der Waals surface area contributed by atoms with Crippen LogP contribution >= 0.6 is 0 Å². The zero-order valence-electron chi connectivity index (χ0n) is 29.4. The molecule has 252 valence electrons. The number of para-hydroxylation sites is 2. The molecule has 54 heavy (non-hydrogen) atoms. The van der Waals surface area contributed by atoms with Gasteiger partial charge in [-0.15, -0.1) is 0 Å². The van der Waals surface area contributed by atoms with E-state index >= 15 is 0 Å². The fourth-order valence-electron chi connectivity index (χ4n) is 8.48. The van der Waals surface area contributed by atoms with Crippen LogP contribution in [0.4, 0.5) is 0 Å². The third kappa shape index (κ3) is 4.72. The molecule has 0 amide bonds. The van der Waals surface area contributed by atoms with E-state index in [0.717, 1.165) is 39.2 Å². The van der Waals surface area contributed by atoms with Gasteiger partial charge in [0.25, 0.3) is 0 Å². The van der Waals surface area contributed by atoms with Gasteiger partial charge in [-0.1, -0.05) is 146 Å². The van der Waals surface area contributed by atoms with Gasteiger partial charge in [0.2, 0.25) is 0 Å². The minimum Gasteiger partial charge on any atom is -0.309 e. The first kappa shape index (κ1) is 30.4. The van der Waals surface area contributed by atoms with Crippen molar-refractivity contribution in [1.82, 2.24) is 14.1 Å². The van der Waals surface area contributed by atoms with Gasteiger partial charge >= 0.3 is 0 Å². The number of fused-ring (bicyclic) bond motifs is 1. The van der Waals surface area contributed by atoms with Crippen LogP contribution in [-0.4, -0.2) is 14.1 Å². The first-order chi connectivity index (χ1) is 26.8. The standard InChI is InChI=1S/C51H33N3/c1-5-14-34(15-6-1)41-27-30-47-49-43(41)25-26-44-42(28-31-48(50(44)49)53(47)39-20-9-3-10-21-39)38-19-13-18-36(32-38)37-24-29-46-45(33-37)52-51(35-16-7-2-8-17-35)54(46)40-22-11-4-12-23-40/h1-33H. The topological polar surface area (TPSA) is 22.8 Å². The van der Waals surface area contributed by atoms with Crippen LogP contribution in [0.5, 0.6) is 0 Å². The number of hydrogen-bond donors (Lipinski definition) is 0. The molecule has 0 saturated heterocycles. The molecule has 0 saturated carbocycles. The van der Waals surface area contributed by atoms with Crippen molar-refractivity contribution in [3.63, 3.8) is 0 Å². The highest BCUT2D eigenvalue weighted by atomic mass is 15.1. The van der Waals surface area contributed by atoms with Gasteiger partial charge in [-0.3, -0.25) is 4.57 Å². The summed E-state index contributed by atoms with van der Waals surface area (Å²) >= 11 is 0. The van der Waals surface area contributed by atoms with E-state index in [-0.39, 0.29) is 0 Å². The molecule has 2 heterocycles. The summed E-state index contributed by atoms with van der Waals surface area (Å²) in [7, 11) is 0. The van der Waals surface area contributed by atoms with Crippen molar-refractivity contribution in [1.29, 1.82) is 0 Å². The lowest BCUT2D eigenvalue weighted by atomic mass is 9.91. The minimum atomic E-state index is 0.936. The Bertz CT molecular complexity index is 3120. The van der Waals surface area contributed by atoms with E-state index in [2.05, 4.69) is 203 Å². The second kappa shape index (κ2) is 12.2. The number of aromatic nitrogens is 3. The van der Waals surface area contributed by atoms with Gasteiger partial charge in [-0.2, -0.15) is 0 Å². The van der Waals surface area contributed by atoms with E-state index in [4.69, 9.17) is 4.98 Å². The van der Waals surface area contributed by atoms with Gasteiger partial charge in [0, 0.05) is 27.7 Å². The van der Waals surface area contributed by atoms with Crippen molar-refractivity contribution in [2.24, 2.45) is 0 Å². The SMILES string of the molecule is c1ccc(-c2ccc3c4c2ccc2c(-c5cccc(-c6ccc7c(c6)nc(-c6ccccc6)n7-c6ccccc6)c5)ccc(c24)n3-c2ccccc2)cc1. The van der Waals surface area contributed by atoms with Crippen molar-refractivity contribution in [2.75, 3.05) is 0 Å². The van der Waals surface area contributed by atoms with Crippen LogP contribution in [0.1, 0.15) is 0 Å². The monoisotopic (exact) mass is 687 g/mol. The zero-order valence-corrected chi connectivity index (χ0v) is 29.4. The average molecular weight is 688 g/mol. The van der Waals surface area contributed by atoms with Crippen molar-refractivity contribution >= 4 is 43.6 Å². The number of benzene rings is 9. The van der Waals surface area contributed by atoms with Crippen LogP contribution in [-0.2, 0) is 0 Å². The van der Waals surface area contributed by atoms with Gasteiger partial charge in [0.15, 0.2) is 0 Å². The van der Waals surface area contributed by atoms with Crippen LogP contribution in [0.3, 0.4) is 0 Å². The predicted molar refractivity (Wildman–Crippen MR) is 226 cm³/mol.